The van der Waals surface area contributed by atoms with Crippen LogP contribution in [0, 0.1) is 5.92 Å². The lowest BCUT2D eigenvalue weighted by Gasteiger charge is -2.11. The second-order valence-electron chi connectivity index (χ2n) is 2.75. The quantitative estimate of drug-likeness (QED) is 0.568. The second kappa shape index (κ2) is 2.67. The summed E-state index contributed by atoms with van der Waals surface area (Å²) in [4.78, 5) is 0. The maximum absolute atomic E-state index is 9.33. The average molecular weight is 130 g/mol. The van der Waals surface area contributed by atoms with Crippen molar-refractivity contribution in [3.05, 3.63) is 0 Å². The van der Waals surface area contributed by atoms with Crippen molar-refractivity contribution < 1.29 is 9.84 Å². The third-order valence-electron chi connectivity index (χ3n) is 1.94. The van der Waals surface area contributed by atoms with Crippen LogP contribution in [0.5, 0.6) is 0 Å². The van der Waals surface area contributed by atoms with Gasteiger partial charge in [-0.25, -0.2) is 0 Å². The number of hydrogen-bond donors (Lipinski definition) is 1. The van der Waals surface area contributed by atoms with Gasteiger partial charge in [0.05, 0.1) is 18.8 Å². The van der Waals surface area contributed by atoms with E-state index in [1.54, 1.807) is 0 Å². The standard InChI is InChI=1S/C7H14O2/c1-3-6-7(8)5(2)4-9-6/h5-8H,3-4H2,1-2H3/t5-,6-,7?/m1/s1. The van der Waals surface area contributed by atoms with E-state index in [2.05, 4.69) is 0 Å². The molecule has 1 N–H and O–H groups in total. The van der Waals surface area contributed by atoms with Crippen LogP contribution >= 0.6 is 0 Å². The molecule has 54 valence electrons. The summed E-state index contributed by atoms with van der Waals surface area (Å²) in [6, 6.07) is 0. The molecule has 0 spiro atoms. The van der Waals surface area contributed by atoms with Crippen LogP contribution in [0.2, 0.25) is 0 Å². The molecule has 9 heavy (non-hydrogen) atoms. The Kier molecular flexibility index (Phi) is 2.09. The van der Waals surface area contributed by atoms with Crippen LogP contribution in [0.3, 0.4) is 0 Å². The van der Waals surface area contributed by atoms with Gasteiger partial charge in [0.25, 0.3) is 0 Å². The van der Waals surface area contributed by atoms with Gasteiger partial charge in [0, 0.05) is 5.92 Å². The lowest BCUT2D eigenvalue weighted by atomic mass is 10.0. The predicted octanol–water partition coefficient (Wildman–Crippen LogP) is 0.792. The Morgan fingerprint density at radius 1 is 1.67 bits per heavy atom. The number of hydrogen-bond acceptors (Lipinski definition) is 2. The Labute approximate surface area is 55.8 Å². The van der Waals surface area contributed by atoms with Crippen LogP contribution in [0.1, 0.15) is 20.3 Å². The molecular weight excluding hydrogens is 116 g/mol. The summed E-state index contributed by atoms with van der Waals surface area (Å²) in [7, 11) is 0. The van der Waals surface area contributed by atoms with Gasteiger partial charge in [-0.1, -0.05) is 13.8 Å². The lowest BCUT2D eigenvalue weighted by molar-refractivity contribution is 0.0375. The van der Waals surface area contributed by atoms with Crippen LogP contribution in [-0.4, -0.2) is 23.9 Å². The smallest absolute Gasteiger partial charge is 0.0849 e. The molecule has 1 aliphatic heterocycles. The molecule has 0 aromatic carbocycles. The summed E-state index contributed by atoms with van der Waals surface area (Å²) in [5, 5.41) is 9.33. The zero-order chi connectivity index (χ0) is 6.85. The molecule has 1 unspecified atom stereocenters. The van der Waals surface area contributed by atoms with Crippen molar-refractivity contribution in [1.82, 2.24) is 0 Å². The van der Waals surface area contributed by atoms with Crippen molar-refractivity contribution in [2.75, 3.05) is 6.61 Å². The van der Waals surface area contributed by atoms with Gasteiger partial charge in [-0.05, 0) is 6.42 Å². The molecule has 0 aromatic rings. The van der Waals surface area contributed by atoms with Gasteiger partial charge in [0.1, 0.15) is 0 Å². The van der Waals surface area contributed by atoms with Gasteiger partial charge in [0.15, 0.2) is 0 Å². The van der Waals surface area contributed by atoms with E-state index < -0.39 is 0 Å². The van der Waals surface area contributed by atoms with Crippen LogP contribution in [0.4, 0.5) is 0 Å². The van der Waals surface area contributed by atoms with E-state index in [4.69, 9.17) is 4.74 Å². The zero-order valence-electron chi connectivity index (χ0n) is 6.00. The van der Waals surface area contributed by atoms with Crippen molar-refractivity contribution in [2.45, 2.75) is 32.5 Å². The molecular formula is C7H14O2. The predicted molar refractivity (Wildman–Crippen MR) is 35.2 cm³/mol. The van der Waals surface area contributed by atoms with E-state index >= 15 is 0 Å². The van der Waals surface area contributed by atoms with Crippen molar-refractivity contribution >= 4 is 0 Å². The molecule has 1 heterocycles. The first-order valence-electron chi connectivity index (χ1n) is 3.55. The Balaban J connectivity index is 2.41. The van der Waals surface area contributed by atoms with Gasteiger partial charge < -0.3 is 9.84 Å². The maximum atomic E-state index is 9.33. The highest BCUT2D eigenvalue weighted by Crippen LogP contribution is 2.21. The first-order valence-corrected chi connectivity index (χ1v) is 3.55. The van der Waals surface area contributed by atoms with E-state index in [1.807, 2.05) is 13.8 Å². The number of aliphatic hydroxyl groups excluding tert-OH is 1. The first-order chi connectivity index (χ1) is 4.25. The van der Waals surface area contributed by atoms with Gasteiger partial charge in [0.2, 0.25) is 0 Å². The number of aliphatic hydroxyl groups is 1. The van der Waals surface area contributed by atoms with Gasteiger partial charge in [-0.3, -0.25) is 0 Å². The third-order valence-corrected chi connectivity index (χ3v) is 1.94. The summed E-state index contributed by atoms with van der Waals surface area (Å²) in [6.45, 7) is 4.77. The van der Waals surface area contributed by atoms with E-state index in [0.717, 1.165) is 13.0 Å². The zero-order valence-corrected chi connectivity index (χ0v) is 6.00. The van der Waals surface area contributed by atoms with Gasteiger partial charge in [-0.2, -0.15) is 0 Å². The van der Waals surface area contributed by atoms with Crippen molar-refractivity contribution in [3.8, 4) is 0 Å². The molecule has 3 atom stereocenters. The Morgan fingerprint density at radius 3 is 2.56 bits per heavy atom. The van der Waals surface area contributed by atoms with Crippen LogP contribution in [0.25, 0.3) is 0 Å². The Morgan fingerprint density at radius 2 is 2.33 bits per heavy atom. The van der Waals surface area contributed by atoms with Crippen molar-refractivity contribution in [1.29, 1.82) is 0 Å². The van der Waals surface area contributed by atoms with E-state index in [-0.39, 0.29) is 12.2 Å². The lowest BCUT2D eigenvalue weighted by Crippen LogP contribution is -2.23. The van der Waals surface area contributed by atoms with Crippen LogP contribution in [-0.2, 0) is 4.74 Å². The molecule has 1 fully saturated rings. The van der Waals surface area contributed by atoms with Gasteiger partial charge in [-0.15, -0.1) is 0 Å². The molecule has 2 heteroatoms. The average Bonchev–Trinajstić information content (AvgIpc) is 2.15. The highest BCUT2D eigenvalue weighted by Gasteiger charge is 2.30. The van der Waals surface area contributed by atoms with Crippen molar-refractivity contribution in [2.24, 2.45) is 5.92 Å². The topological polar surface area (TPSA) is 29.5 Å². The SMILES string of the molecule is CC[C@H]1OC[C@@H](C)C1O. The van der Waals surface area contributed by atoms with Gasteiger partial charge >= 0.3 is 0 Å². The Hall–Kier alpha value is -0.0800. The molecule has 1 rings (SSSR count). The summed E-state index contributed by atoms with van der Waals surface area (Å²) in [5.74, 6) is 0.329. The fourth-order valence-electron chi connectivity index (χ4n) is 1.20. The number of ether oxygens (including phenoxy) is 1. The largest absolute Gasteiger partial charge is 0.390 e. The molecule has 1 saturated heterocycles. The minimum absolute atomic E-state index is 0.0972. The summed E-state index contributed by atoms with van der Waals surface area (Å²) >= 11 is 0. The number of rotatable bonds is 1. The normalized spacial score (nSPS) is 43.7. The minimum atomic E-state index is -0.227. The molecule has 0 amide bonds. The molecule has 1 aliphatic rings. The molecule has 0 saturated carbocycles. The highest BCUT2D eigenvalue weighted by molar-refractivity contribution is 4.79. The molecule has 0 aliphatic carbocycles. The first kappa shape index (κ1) is 7.03. The molecule has 0 bridgehead atoms. The second-order valence-corrected chi connectivity index (χ2v) is 2.75. The van der Waals surface area contributed by atoms with Crippen LogP contribution in [0.15, 0.2) is 0 Å². The third kappa shape index (κ3) is 1.25. The van der Waals surface area contributed by atoms with Crippen molar-refractivity contribution in [3.63, 3.8) is 0 Å². The molecule has 0 aromatic heterocycles. The minimum Gasteiger partial charge on any atom is -0.390 e. The maximum Gasteiger partial charge on any atom is 0.0849 e. The van der Waals surface area contributed by atoms with Crippen LogP contribution < -0.4 is 0 Å². The summed E-state index contributed by atoms with van der Waals surface area (Å²) in [5.41, 5.74) is 0. The monoisotopic (exact) mass is 130 g/mol. The highest BCUT2D eigenvalue weighted by atomic mass is 16.5. The fraction of sp³-hybridized carbons (Fsp3) is 1.00. The van der Waals surface area contributed by atoms with E-state index in [1.165, 1.54) is 0 Å². The summed E-state index contributed by atoms with van der Waals surface area (Å²) in [6.07, 6.45) is 0.792. The van der Waals surface area contributed by atoms with E-state index in [0.29, 0.717) is 5.92 Å². The Bertz CT molecular complexity index is 92.9. The fourth-order valence-corrected chi connectivity index (χ4v) is 1.20. The summed E-state index contributed by atoms with van der Waals surface area (Å²) < 4.78 is 5.28. The molecule has 2 nitrogen and oxygen atoms in total. The molecule has 0 radical (unpaired) electrons. The van der Waals surface area contributed by atoms with E-state index in [9.17, 15) is 5.11 Å².